The lowest BCUT2D eigenvalue weighted by molar-refractivity contribution is 0.198. The molecule has 0 bridgehead atoms. The van der Waals surface area contributed by atoms with Crippen molar-refractivity contribution in [1.29, 1.82) is 0 Å². The van der Waals surface area contributed by atoms with Crippen molar-refractivity contribution in [2.75, 3.05) is 26.7 Å². The van der Waals surface area contributed by atoms with E-state index in [1.807, 2.05) is 0 Å². The maximum absolute atomic E-state index is 5.58. The van der Waals surface area contributed by atoms with E-state index in [0.717, 1.165) is 31.9 Å². The smallest absolute Gasteiger partial charge is 0.123 e. The Kier molecular flexibility index (Phi) is 5.45. The van der Waals surface area contributed by atoms with Crippen LogP contribution in [0.1, 0.15) is 12.5 Å². The zero-order valence-electron chi connectivity index (χ0n) is 12.6. The average Bonchev–Trinajstić information content (AvgIpc) is 2.48. The van der Waals surface area contributed by atoms with E-state index in [0.29, 0.717) is 6.04 Å². The van der Waals surface area contributed by atoms with Crippen molar-refractivity contribution in [2.24, 2.45) is 0 Å². The minimum atomic E-state index is 0. The normalized spacial score (nSPS) is 19.2. The molecule has 1 fully saturated rings. The Labute approximate surface area is 132 Å². The molecule has 0 aromatic heterocycles. The number of hydrogen-bond donors (Lipinski definition) is 1. The molecule has 1 saturated heterocycles. The summed E-state index contributed by atoms with van der Waals surface area (Å²) in [5.41, 5.74) is 1.31. The summed E-state index contributed by atoms with van der Waals surface area (Å²) in [7, 11) is 1.76. The molecule has 2 aromatic carbocycles. The van der Waals surface area contributed by atoms with Gasteiger partial charge < -0.3 is 10.1 Å². The highest BCUT2D eigenvalue weighted by molar-refractivity contribution is 5.87. The number of hydrogen-bond acceptors (Lipinski definition) is 3. The number of benzene rings is 2. The van der Waals surface area contributed by atoms with Gasteiger partial charge in [0, 0.05) is 37.8 Å². The van der Waals surface area contributed by atoms with E-state index in [-0.39, 0.29) is 12.4 Å². The molecule has 21 heavy (non-hydrogen) atoms. The van der Waals surface area contributed by atoms with Crippen LogP contribution in [-0.4, -0.2) is 37.7 Å². The summed E-state index contributed by atoms with van der Waals surface area (Å²) >= 11 is 0. The Morgan fingerprint density at radius 2 is 2.05 bits per heavy atom. The standard InChI is InChI=1S/C17H22N2O.ClH/c1-13-11-19(10-9-18-13)12-16-15-6-4-3-5-14(15)7-8-17(16)20-2;/h3-8,13,18H,9-12H2,1-2H3;1H/t13-;/m0./s1. The van der Waals surface area contributed by atoms with Crippen LogP contribution in [0.15, 0.2) is 36.4 Å². The van der Waals surface area contributed by atoms with Crippen LogP contribution < -0.4 is 10.1 Å². The van der Waals surface area contributed by atoms with Gasteiger partial charge in [-0.25, -0.2) is 0 Å². The van der Waals surface area contributed by atoms with Gasteiger partial charge in [0.2, 0.25) is 0 Å². The molecule has 1 atom stereocenters. The minimum Gasteiger partial charge on any atom is -0.496 e. The maximum atomic E-state index is 5.58. The highest BCUT2D eigenvalue weighted by Crippen LogP contribution is 2.29. The molecule has 1 aliphatic rings. The summed E-state index contributed by atoms with van der Waals surface area (Å²) in [6, 6.07) is 13.3. The molecule has 0 unspecified atom stereocenters. The fraction of sp³-hybridized carbons (Fsp3) is 0.412. The highest BCUT2D eigenvalue weighted by Gasteiger charge is 2.18. The lowest BCUT2D eigenvalue weighted by atomic mass is 10.0. The Hall–Kier alpha value is -1.29. The van der Waals surface area contributed by atoms with Crippen LogP contribution in [0.3, 0.4) is 0 Å². The minimum absolute atomic E-state index is 0. The molecule has 3 rings (SSSR count). The maximum Gasteiger partial charge on any atom is 0.123 e. The Morgan fingerprint density at radius 3 is 2.81 bits per heavy atom. The van der Waals surface area contributed by atoms with Gasteiger partial charge in [-0.3, -0.25) is 4.90 Å². The van der Waals surface area contributed by atoms with Gasteiger partial charge in [-0.05, 0) is 23.8 Å². The summed E-state index contributed by atoms with van der Waals surface area (Å²) in [5.74, 6) is 0.995. The average molecular weight is 307 g/mol. The number of halogens is 1. The number of ether oxygens (including phenoxy) is 1. The van der Waals surface area contributed by atoms with Crippen molar-refractivity contribution in [3.05, 3.63) is 42.0 Å². The molecule has 0 saturated carbocycles. The molecule has 0 spiro atoms. The van der Waals surface area contributed by atoms with Gasteiger partial charge >= 0.3 is 0 Å². The van der Waals surface area contributed by atoms with Crippen molar-refractivity contribution in [1.82, 2.24) is 10.2 Å². The van der Waals surface area contributed by atoms with Crippen molar-refractivity contribution in [3.8, 4) is 5.75 Å². The number of methoxy groups -OCH3 is 1. The first-order chi connectivity index (χ1) is 9.78. The second kappa shape index (κ2) is 7.12. The monoisotopic (exact) mass is 306 g/mol. The zero-order valence-corrected chi connectivity index (χ0v) is 13.5. The molecule has 1 aliphatic heterocycles. The van der Waals surface area contributed by atoms with E-state index in [2.05, 4.69) is 53.5 Å². The number of piperazine rings is 1. The molecular formula is C17H23ClN2O. The number of rotatable bonds is 3. The fourth-order valence-electron chi connectivity index (χ4n) is 3.05. The first-order valence-corrected chi connectivity index (χ1v) is 7.28. The van der Waals surface area contributed by atoms with Crippen molar-refractivity contribution in [3.63, 3.8) is 0 Å². The van der Waals surface area contributed by atoms with Gasteiger partial charge in [-0.2, -0.15) is 0 Å². The Balaban J connectivity index is 0.00000161. The third-order valence-electron chi connectivity index (χ3n) is 4.05. The van der Waals surface area contributed by atoms with Crippen molar-refractivity contribution < 1.29 is 4.74 Å². The van der Waals surface area contributed by atoms with Gasteiger partial charge in [0.05, 0.1) is 7.11 Å². The highest BCUT2D eigenvalue weighted by atomic mass is 35.5. The van der Waals surface area contributed by atoms with Crippen LogP contribution in [0.25, 0.3) is 10.8 Å². The molecule has 0 aliphatic carbocycles. The number of nitrogens with one attached hydrogen (secondary N) is 1. The van der Waals surface area contributed by atoms with Crippen LogP contribution in [0.2, 0.25) is 0 Å². The van der Waals surface area contributed by atoms with Gasteiger partial charge in [-0.1, -0.05) is 30.3 Å². The lowest BCUT2D eigenvalue weighted by Gasteiger charge is -2.32. The lowest BCUT2D eigenvalue weighted by Crippen LogP contribution is -2.48. The first kappa shape index (κ1) is 16.1. The third kappa shape index (κ3) is 3.49. The molecule has 1 heterocycles. The van der Waals surface area contributed by atoms with E-state index in [9.17, 15) is 0 Å². The topological polar surface area (TPSA) is 24.5 Å². The quantitative estimate of drug-likeness (QED) is 0.943. The Bertz CT molecular complexity index is 602. The van der Waals surface area contributed by atoms with E-state index < -0.39 is 0 Å². The van der Waals surface area contributed by atoms with Crippen LogP contribution in [0.4, 0.5) is 0 Å². The van der Waals surface area contributed by atoms with Crippen LogP contribution >= 0.6 is 12.4 Å². The molecule has 3 nitrogen and oxygen atoms in total. The fourth-order valence-corrected chi connectivity index (χ4v) is 3.05. The van der Waals surface area contributed by atoms with E-state index in [4.69, 9.17) is 4.74 Å². The van der Waals surface area contributed by atoms with Gasteiger partial charge in [0.15, 0.2) is 0 Å². The molecule has 2 aromatic rings. The van der Waals surface area contributed by atoms with E-state index in [1.165, 1.54) is 16.3 Å². The second-order valence-corrected chi connectivity index (χ2v) is 5.56. The summed E-state index contributed by atoms with van der Waals surface area (Å²) < 4.78 is 5.58. The predicted molar refractivity (Wildman–Crippen MR) is 90.5 cm³/mol. The van der Waals surface area contributed by atoms with Crippen molar-refractivity contribution >= 4 is 23.2 Å². The number of nitrogens with zero attached hydrogens (tertiary/aromatic N) is 1. The largest absolute Gasteiger partial charge is 0.496 e. The number of fused-ring (bicyclic) bond motifs is 1. The summed E-state index contributed by atoms with van der Waals surface area (Å²) in [5, 5.41) is 6.08. The first-order valence-electron chi connectivity index (χ1n) is 7.28. The summed E-state index contributed by atoms with van der Waals surface area (Å²) in [4.78, 5) is 2.51. The molecular weight excluding hydrogens is 284 g/mol. The second-order valence-electron chi connectivity index (χ2n) is 5.56. The van der Waals surface area contributed by atoms with Gasteiger partial charge in [0.1, 0.15) is 5.75 Å². The zero-order chi connectivity index (χ0) is 13.9. The molecule has 0 amide bonds. The SMILES string of the molecule is COc1ccc2ccccc2c1CN1CCN[C@@H](C)C1.Cl. The van der Waals surface area contributed by atoms with E-state index >= 15 is 0 Å². The third-order valence-corrected chi connectivity index (χ3v) is 4.05. The van der Waals surface area contributed by atoms with Gasteiger partial charge in [0.25, 0.3) is 0 Å². The molecule has 4 heteroatoms. The molecule has 0 radical (unpaired) electrons. The Morgan fingerprint density at radius 1 is 1.24 bits per heavy atom. The van der Waals surface area contributed by atoms with E-state index in [1.54, 1.807) is 7.11 Å². The van der Waals surface area contributed by atoms with Gasteiger partial charge in [-0.15, -0.1) is 12.4 Å². The predicted octanol–water partition coefficient (Wildman–Crippen LogP) is 3.06. The van der Waals surface area contributed by atoms with Crippen LogP contribution in [0, 0.1) is 0 Å². The van der Waals surface area contributed by atoms with Crippen LogP contribution in [0.5, 0.6) is 5.75 Å². The molecule has 1 N–H and O–H groups in total. The summed E-state index contributed by atoms with van der Waals surface area (Å²) in [6.45, 7) is 6.44. The molecule has 114 valence electrons. The van der Waals surface area contributed by atoms with Crippen molar-refractivity contribution in [2.45, 2.75) is 19.5 Å². The van der Waals surface area contributed by atoms with Crippen LogP contribution in [-0.2, 0) is 6.54 Å². The summed E-state index contributed by atoms with van der Waals surface area (Å²) in [6.07, 6.45) is 0.